The number of non-ortho nitro benzene ring substituents is 1. The summed E-state index contributed by atoms with van der Waals surface area (Å²) in [6.45, 7) is 1.76. The van der Waals surface area contributed by atoms with Gasteiger partial charge in [0.05, 0.1) is 23.6 Å². The van der Waals surface area contributed by atoms with Crippen molar-refractivity contribution in [1.29, 1.82) is 0 Å². The maximum atomic E-state index is 13.0. The van der Waals surface area contributed by atoms with E-state index in [0.29, 0.717) is 33.4 Å². The molecule has 2 aromatic rings. The van der Waals surface area contributed by atoms with E-state index in [-0.39, 0.29) is 11.6 Å². The lowest BCUT2D eigenvalue weighted by atomic mass is 9.94. The molecule has 0 radical (unpaired) electrons. The van der Waals surface area contributed by atoms with Gasteiger partial charge in [-0.2, -0.15) is 0 Å². The van der Waals surface area contributed by atoms with Crippen molar-refractivity contribution in [2.24, 2.45) is 0 Å². The molecule has 3 rings (SSSR count). The van der Waals surface area contributed by atoms with E-state index < -0.39 is 11.0 Å². The van der Waals surface area contributed by atoms with Gasteiger partial charge in [-0.05, 0) is 61.1 Å². The molecular weight excluding hydrogens is 380 g/mol. The largest absolute Gasteiger partial charge is 0.497 e. The number of ether oxygens (including phenoxy) is 1. The summed E-state index contributed by atoms with van der Waals surface area (Å²) in [5.41, 5.74) is 2.33. The Balaban J connectivity index is 1.90. The number of nitrogens with one attached hydrogen (secondary N) is 3. The van der Waals surface area contributed by atoms with Crippen LogP contribution in [0, 0.1) is 10.1 Å². The van der Waals surface area contributed by atoms with Gasteiger partial charge in [0, 0.05) is 23.5 Å². The molecule has 8 nitrogen and oxygen atoms in total. The first-order valence-corrected chi connectivity index (χ1v) is 8.78. The summed E-state index contributed by atoms with van der Waals surface area (Å²) in [4.78, 5) is 23.4. The van der Waals surface area contributed by atoms with E-state index in [2.05, 4.69) is 16.0 Å². The Bertz CT molecular complexity index is 955. The molecule has 0 saturated heterocycles. The van der Waals surface area contributed by atoms with Crippen molar-refractivity contribution < 1.29 is 14.5 Å². The number of thiocarbonyl (C=S) groups is 1. The summed E-state index contributed by atoms with van der Waals surface area (Å²) in [6.07, 6.45) is 0. The van der Waals surface area contributed by atoms with Gasteiger partial charge < -0.3 is 20.7 Å². The molecule has 0 saturated carbocycles. The molecule has 1 aliphatic rings. The summed E-state index contributed by atoms with van der Waals surface area (Å²) >= 11 is 5.21. The lowest BCUT2D eigenvalue weighted by Crippen LogP contribution is -2.45. The maximum Gasteiger partial charge on any atom is 0.269 e. The minimum atomic E-state index is -0.534. The second-order valence-corrected chi connectivity index (χ2v) is 6.51. The second-order valence-electron chi connectivity index (χ2n) is 6.10. The molecule has 0 unspecified atom stereocenters. The highest BCUT2D eigenvalue weighted by Gasteiger charge is 2.30. The number of hydrogen-bond donors (Lipinski definition) is 3. The first-order valence-electron chi connectivity index (χ1n) is 8.37. The highest BCUT2D eigenvalue weighted by Crippen LogP contribution is 2.29. The number of rotatable bonds is 5. The van der Waals surface area contributed by atoms with Gasteiger partial charge in [-0.1, -0.05) is 0 Å². The van der Waals surface area contributed by atoms with Crippen LogP contribution in [0.3, 0.4) is 0 Å². The van der Waals surface area contributed by atoms with Crippen LogP contribution in [-0.4, -0.2) is 23.1 Å². The smallest absolute Gasteiger partial charge is 0.269 e. The molecule has 9 heteroatoms. The highest BCUT2D eigenvalue weighted by atomic mass is 32.1. The number of methoxy groups -OCH3 is 1. The van der Waals surface area contributed by atoms with Gasteiger partial charge in [-0.15, -0.1) is 0 Å². The van der Waals surface area contributed by atoms with E-state index in [9.17, 15) is 14.9 Å². The van der Waals surface area contributed by atoms with E-state index in [4.69, 9.17) is 17.0 Å². The van der Waals surface area contributed by atoms with Crippen LogP contribution in [0.15, 0.2) is 59.8 Å². The quantitative estimate of drug-likeness (QED) is 0.404. The summed E-state index contributed by atoms with van der Waals surface area (Å²) in [5, 5.41) is 20.1. The number of carbonyl (C=O) groups is 1. The zero-order chi connectivity index (χ0) is 20.3. The van der Waals surface area contributed by atoms with Gasteiger partial charge in [0.25, 0.3) is 11.6 Å². The minimum Gasteiger partial charge on any atom is -0.497 e. The zero-order valence-corrected chi connectivity index (χ0v) is 16.0. The van der Waals surface area contributed by atoms with Gasteiger partial charge in [0.2, 0.25) is 0 Å². The molecule has 0 aliphatic carbocycles. The number of hydrogen-bond acceptors (Lipinski definition) is 5. The van der Waals surface area contributed by atoms with E-state index in [1.807, 2.05) is 0 Å². The van der Waals surface area contributed by atoms with Crippen molar-refractivity contribution in [3.63, 3.8) is 0 Å². The average molecular weight is 398 g/mol. The van der Waals surface area contributed by atoms with E-state index in [1.54, 1.807) is 50.4 Å². The first kappa shape index (κ1) is 19.3. The number of carbonyl (C=O) groups excluding carboxylic acids is 1. The number of benzene rings is 2. The Hall–Kier alpha value is -3.46. The topological polar surface area (TPSA) is 106 Å². The Morgan fingerprint density at radius 2 is 1.82 bits per heavy atom. The monoisotopic (exact) mass is 398 g/mol. The van der Waals surface area contributed by atoms with Crippen LogP contribution in [0.4, 0.5) is 11.4 Å². The highest BCUT2D eigenvalue weighted by molar-refractivity contribution is 7.80. The fourth-order valence-corrected chi connectivity index (χ4v) is 3.18. The van der Waals surface area contributed by atoms with Crippen molar-refractivity contribution in [2.45, 2.75) is 13.0 Å². The molecule has 0 fully saturated rings. The fraction of sp³-hybridized carbons (Fsp3) is 0.158. The summed E-state index contributed by atoms with van der Waals surface area (Å²) < 4.78 is 5.12. The van der Waals surface area contributed by atoms with E-state index in [1.165, 1.54) is 12.1 Å². The Labute approximate surface area is 166 Å². The molecule has 0 bridgehead atoms. The van der Waals surface area contributed by atoms with Crippen molar-refractivity contribution >= 4 is 34.6 Å². The number of anilines is 1. The fourth-order valence-electron chi connectivity index (χ4n) is 2.91. The number of nitrogens with zero attached hydrogens (tertiary/aromatic N) is 1. The van der Waals surface area contributed by atoms with Gasteiger partial charge >= 0.3 is 0 Å². The number of amides is 1. The van der Waals surface area contributed by atoms with Crippen LogP contribution in [0.25, 0.3) is 0 Å². The van der Waals surface area contributed by atoms with Crippen LogP contribution in [-0.2, 0) is 4.79 Å². The standard InChI is InChI=1S/C19H18N4O4S/c1-11-16(18(24)21-13-5-9-15(27-2)10-6-13)17(22-19(28)20-11)12-3-7-14(8-4-12)23(25)26/h3-10,17H,1-2H3,(H,21,24)(H2,20,22,28)/t17-/m1/s1. The molecule has 1 aliphatic heterocycles. The predicted molar refractivity (Wildman–Crippen MR) is 109 cm³/mol. The van der Waals surface area contributed by atoms with Gasteiger partial charge in [0.15, 0.2) is 5.11 Å². The Morgan fingerprint density at radius 3 is 2.39 bits per heavy atom. The number of nitro benzene ring substituents is 1. The third-order valence-electron chi connectivity index (χ3n) is 4.30. The molecule has 1 amide bonds. The van der Waals surface area contributed by atoms with Crippen molar-refractivity contribution in [3.05, 3.63) is 75.5 Å². The predicted octanol–water partition coefficient (Wildman–Crippen LogP) is 3.03. The third kappa shape index (κ3) is 4.09. The van der Waals surface area contributed by atoms with Crippen molar-refractivity contribution in [2.75, 3.05) is 12.4 Å². The Morgan fingerprint density at radius 1 is 1.18 bits per heavy atom. The van der Waals surface area contributed by atoms with Crippen molar-refractivity contribution in [1.82, 2.24) is 10.6 Å². The molecular formula is C19H18N4O4S. The third-order valence-corrected chi connectivity index (χ3v) is 4.52. The lowest BCUT2D eigenvalue weighted by molar-refractivity contribution is -0.384. The average Bonchev–Trinajstić information content (AvgIpc) is 2.68. The molecule has 3 N–H and O–H groups in total. The van der Waals surface area contributed by atoms with Crippen LogP contribution >= 0.6 is 12.2 Å². The van der Waals surface area contributed by atoms with Gasteiger partial charge in [-0.3, -0.25) is 14.9 Å². The number of nitro groups is 1. The molecule has 1 atom stereocenters. The normalized spacial score (nSPS) is 16.1. The van der Waals surface area contributed by atoms with Crippen LogP contribution in [0.2, 0.25) is 0 Å². The SMILES string of the molecule is COc1ccc(NC(=O)C2=C(C)NC(=S)N[C@@H]2c2ccc([N+](=O)[O-])cc2)cc1. The molecule has 0 spiro atoms. The first-order chi connectivity index (χ1) is 13.4. The van der Waals surface area contributed by atoms with Crippen molar-refractivity contribution in [3.8, 4) is 5.75 Å². The molecule has 1 heterocycles. The summed E-state index contributed by atoms with van der Waals surface area (Å²) in [5.74, 6) is 0.372. The lowest BCUT2D eigenvalue weighted by Gasteiger charge is -2.30. The zero-order valence-electron chi connectivity index (χ0n) is 15.2. The molecule has 144 valence electrons. The molecule has 0 aromatic heterocycles. The summed E-state index contributed by atoms with van der Waals surface area (Å²) in [7, 11) is 1.57. The van der Waals surface area contributed by atoms with Crippen LogP contribution in [0.5, 0.6) is 5.75 Å². The van der Waals surface area contributed by atoms with Crippen LogP contribution < -0.4 is 20.7 Å². The molecule has 28 heavy (non-hydrogen) atoms. The Kier molecular flexibility index (Phi) is 5.55. The van der Waals surface area contributed by atoms with Gasteiger partial charge in [-0.25, -0.2) is 0 Å². The number of allylic oxidation sites excluding steroid dienone is 1. The van der Waals surface area contributed by atoms with Crippen LogP contribution in [0.1, 0.15) is 18.5 Å². The van der Waals surface area contributed by atoms with Gasteiger partial charge in [0.1, 0.15) is 5.75 Å². The second kappa shape index (κ2) is 8.05. The minimum absolute atomic E-state index is 0.0230. The van der Waals surface area contributed by atoms with E-state index in [0.717, 1.165) is 0 Å². The van der Waals surface area contributed by atoms with E-state index >= 15 is 0 Å². The summed E-state index contributed by atoms with van der Waals surface area (Å²) in [6, 6.07) is 12.5. The maximum absolute atomic E-state index is 13.0. The molecule has 2 aromatic carbocycles.